The van der Waals surface area contributed by atoms with Gasteiger partial charge in [0.25, 0.3) is 0 Å². The van der Waals surface area contributed by atoms with E-state index in [0.29, 0.717) is 5.01 Å². The predicted octanol–water partition coefficient (Wildman–Crippen LogP) is -4.14. The largest absolute Gasteiger partial charge is 1.00 e. The van der Waals surface area contributed by atoms with Gasteiger partial charge in [0.1, 0.15) is 11.6 Å². The zero-order valence-electron chi connectivity index (χ0n) is 14.7. The molecule has 13 heteroatoms. The van der Waals surface area contributed by atoms with E-state index in [-0.39, 0.29) is 57.8 Å². The van der Waals surface area contributed by atoms with E-state index >= 15 is 0 Å². The van der Waals surface area contributed by atoms with Crippen molar-refractivity contribution in [3.8, 4) is 0 Å². The van der Waals surface area contributed by atoms with Crippen LogP contribution in [0.4, 0.5) is 0 Å². The summed E-state index contributed by atoms with van der Waals surface area (Å²) in [5, 5.41) is 12.2. The summed E-state index contributed by atoms with van der Waals surface area (Å²) in [6, 6.07) is -1.61. The van der Waals surface area contributed by atoms with Crippen molar-refractivity contribution in [2.24, 2.45) is 0 Å². The van der Waals surface area contributed by atoms with Crippen LogP contribution in [0, 0.1) is 0 Å². The monoisotopic (exact) mass is 504 g/mol. The molecule has 0 N–H and O–H groups in total. The summed E-state index contributed by atoms with van der Waals surface area (Å²) < 4.78 is 27.2. The number of carboxylic acids is 1. The van der Waals surface area contributed by atoms with Crippen molar-refractivity contribution in [2.75, 3.05) is 6.61 Å². The molecule has 0 aromatic carbocycles. The van der Waals surface area contributed by atoms with Crippen molar-refractivity contribution in [3.05, 3.63) is 16.6 Å². The number of alkyl halides is 1. The Morgan fingerprint density at radius 1 is 1.44 bits per heavy atom. The van der Waals surface area contributed by atoms with E-state index < -0.39 is 54.8 Å². The van der Waals surface area contributed by atoms with Crippen LogP contribution in [0.25, 0.3) is 0 Å². The SMILES string of the molecule is CC1(C)[C@H](C(=O)[O-])N2C(=O)C(Br)(COC(=O)Cc3nccs3)[C@H]2S1(=O)=O.[K+]. The summed E-state index contributed by atoms with van der Waals surface area (Å²) in [5.41, 5.74) is 0. The number of carbonyl (C=O) groups is 3. The summed E-state index contributed by atoms with van der Waals surface area (Å²) >= 11 is 4.33. The summed E-state index contributed by atoms with van der Waals surface area (Å²) in [6.45, 7) is 1.93. The Bertz CT molecular complexity index is 889. The number of fused-ring (bicyclic) bond motifs is 1. The first-order valence-corrected chi connectivity index (χ1v) is 10.7. The molecule has 0 spiro atoms. The Morgan fingerprint density at radius 2 is 2.07 bits per heavy atom. The van der Waals surface area contributed by atoms with E-state index in [2.05, 4.69) is 20.9 Å². The number of ether oxygens (including phenoxy) is 1. The molecule has 2 saturated heterocycles. The fourth-order valence-corrected chi connectivity index (χ4v) is 7.39. The second-order valence-electron chi connectivity index (χ2n) is 6.56. The molecular formula is C14H14BrKN2O7S2. The van der Waals surface area contributed by atoms with Crippen molar-refractivity contribution >= 4 is 54.9 Å². The fraction of sp³-hybridized carbons (Fsp3) is 0.571. The minimum absolute atomic E-state index is 0. The Morgan fingerprint density at radius 3 is 2.59 bits per heavy atom. The molecule has 3 atom stereocenters. The van der Waals surface area contributed by atoms with Crippen LogP contribution < -0.4 is 56.5 Å². The van der Waals surface area contributed by atoms with Crippen LogP contribution in [-0.2, 0) is 35.4 Å². The number of sulfone groups is 1. The van der Waals surface area contributed by atoms with Crippen LogP contribution in [-0.4, -0.2) is 63.2 Å². The van der Waals surface area contributed by atoms with Crippen LogP contribution in [0.5, 0.6) is 0 Å². The molecule has 1 aromatic heterocycles. The first-order chi connectivity index (χ1) is 11.9. The Hall–Kier alpha value is 0.106. The van der Waals surface area contributed by atoms with Crippen molar-refractivity contribution in [2.45, 2.75) is 40.8 Å². The summed E-state index contributed by atoms with van der Waals surface area (Å²) in [7, 11) is -4.06. The Kier molecular flexibility index (Phi) is 6.70. The van der Waals surface area contributed by atoms with Crippen LogP contribution in [0.3, 0.4) is 0 Å². The second kappa shape index (κ2) is 7.74. The maximum Gasteiger partial charge on any atom is 1.00 e. The third kappa shape index (κ3) is 3.47. The molecule has 27 heavy (non-hydrogen) atoms. The van der Waals surface area contributed by atoms with Gasteiger partial charge in [-0.15, -0.1) is 11.3 Å². The number of thiazole rings is 1. The number of esters is 1. The van der Waals surface area contributed by atoms with Crippen LogP contribution in [0.1, 0.15) is 18.9 Å². The third-order valence-electron chi connectivity index (χ3n) is 4.64. The molecule has 0 bridgehead atoms. The average molecular weight is 505 g/mol. The van der Waals surface area contributed by atoms with Gasteiger partial charge in [-0.3, -0.25) is 9.59 Å². The van der Waals surface area contributed by atoms with E-state index in [1.807, 2.05) is 0 Å². The number of aliphatic carboxylic acids is 1. The molecule has 2 aliphatic heterocycles. The van der Waals surface area contributed by atoms with Gasteiger partial charge in [-0.25, -0.2) is 13.4 Å². The molecular weight excluding hydrogens is 491 g/mol. The number of rotatable bonds is 5. The van der Waals surface area contributed by atoms with Crippen molar-refractivity contribution in [1.82, 2.24) is 9.88 Å². The standard InChI is InChI=1S/C14H15BrN2O7S2.K/c1-13(2)9(10(19)20)17-11(21)14(15,12(17)26(13,22)23)6-24-8(18)5-7-16-3-4-25-7;/h3-4,9,12H,5-6H2,1-2H3,(H,19,20);/q;+1/p-1/t9-,12+,14?;/m0./s1. The van der Waals surface area contributed by atoms with Crippen molar-refractivity contribution in [3.63, 3.8) is 0 Å². The molecule has 0 radical (unpaired) electrons. The van der Waals surface area contributed by atoms with E-state index in [4.69, 9.17) is 4.74 Å². The second-order valence-corrected chi connectivity index (χ2v) is 11.5. The van der Waals surface area contributed by atoms with Gasteiger partial charge in [-0.2, -0.15) is 0 Å². The first-order valence-electron chi connectivity index (χ1n) is 7.44. The summed E-state index contributed by atoms with van der Waals surface area (Å²) in [4.78, 5) is 40.5. The van der Waals surface area contributed by atoms with Gasteiger partial charge in [0.05, 0.1) is 23.2 Å². The molecule has 1 amide bonds. The zero-order chi connectivity index (χ0) is 19.5. The number of hydrogen-bond donors (Lipinski definition) is 0. The fourth-order valence-electron chi connectivity index (χ4n) is 3.24. The van der Waals surface area contributed by atoms with E-state index in [1.54, 1.807) is 5.38 Å². The van der Waals surface area contributed by atoms with E-state index in [9.17, 15) is 27.9 Å². The molecule has 2 fully saturated rings. The molecule has 1 aromatic rings. The van der Waals surface area contributed by atoms with Gasteiger partial charge in [-0.1, -0.05) is 15.9 Å². The Labute approximate surface area is 210 Å². The molecule has 9 nitrogen and oxygen atoms in total. The average Bonchev–Trinajstić information content (AvgIpc) is 3.08. The molecule has 2 aliphatic rings. The van der Waals surface area contributed by atoms with Crippen molar-refractivity contribution < 1.29 is 84.0 Å². The van der Waals surface area contributed by atoms with Gasteiger partial charge in [-0.05, 0) is 13.8 Å². The molecule has 3 heterocycles. The number of hydrogen-bond acceptors (Lipinski definition) is 9. The number of carboxylic acid groups (broad SMARTS) is 1. The number of β-lactam (4-membered cyclic amide) rings is 1. The summed E-state index contributed by atoms with van der Waals surface area (Å²) in [5.74, 6) is -3.09. The predicted molar refractivity (Wildman–Crippen MR) is 90.9 cm³/mol. The van der Waals surface area contributed by atoms with E-state index in [0.717, 1.165) is 4.90 Å². The van der Waals surface area contributed by atoms with Gasteiger partial charge in [0.15, 0.2) is 19.5 Å². The minimum Gasteiger partial charge on any atom is -0.548 e. The first kappa shape index (κ1) is 23.4. The van der Waals surface area contributed by atoms with Gasteiger partial charge >= 0.3 is 57.4 Å². The zero-order valence-corrected chi connectivity index (χ0v) is 21.0. The number of aromatic nitrogens is 1. The maximum absolute atomic E-state index is 12.8. The maximum atomic E-state index is 12.8. The molecule has 1 unspecified atom stereocenters. The number of amides is 1. The van der Waals surface area contributed by atoms with Crippen molar-refractivity contribution in [1.29, 1.82) is 0 Å². The van der Waals surface area contributed by atoms with Gasteiger partial charge < -0.3 is 19.5 Å². The molecule has 3 rings (SSSR count). The van der Waals surface area contributed by atoms with E-state index in [1.165, 1.54) is 31.4 Å². The number of halogens is 1. The normalized spacial score (nSPS) is 30.0. The minimum atomic E-state index is -4.06. The Balaban J connectivity index is 0.00000261. The number of nitrogens with zero attached hydrogens (tertiary/aromatic N) is 2. The van der Waals surface area contributed by atoms with Crippen LogP contribution in [0.2, 0.25) is 0 Å². The topological polar surface area (TPSA) is 134 Å². The van der Waals surface area contributed by atoms with Gasteiger partial charge in [0, 0.05) is 11.6 Å². The smallest absolute Gasteiger partial charge is 0.548 e. The molecule has 0 aliphatic carbocycles. The third-order valence-corrected chi connectivity index (χ3v) is 9.64. The molecule has 142 valence electrons. The van der Waals surface area contributed by atoms with Gasteiger partial charge in [0.2, 0.25) is 5.91 Å². The van der Waals surface area contributed by atoms with Crippen LogP contribution in [0.15, 0.2) is 11.6 Å². The summed E-state index contributed by atoms with van der Waals surface area (Å²) in [6.07, 6.45) is 1.42. The number of carbonyl (C=O) groups excluding carboxylic acids is 3. The molecule has 0 saturated carbocycles. The quantitative estimate of drug-likeness (QED) is 0.171. The van der Waals surface area contributed by atoms with Crippen LogP contribution >= 0.6 is 27.3 Å².